The molecule has 90 valence electrons. The fraction of sp³-hybridized carbons (Fsp3) is 0.875. The lowest BCUT2D eigenvalue weighted by molar-refractivity contribution is -0.148. The lowest BCUT2D eigenvalue weighted by atomic mass is 10.4. The van der Waals surface area contributed by atoms with Crippen LogP contribution in [-0.2, 0) is 19.4 Å². The van der Waals surface area contributed by atoms with Gasteiger partial charge in [0.1, 0.15) is 9.84 Å². The van der Waals surface area contributed by atoms with E-state index in [1.165, 1.54) is 11.8 Å². The molecule has 0 spiro atoms. The Labute approximate surface area is 94.1 Å². The van der Waals surface area contributed by atoms with Crippen molar-refractivity contribution in [3.05, 3.63) is 0 Å². The number of hydrogen-bond donors (Lipinski definition) is 1. The van der Waals surface area contributed by atoms with Gasteiger partial charge in [-0.3, -0.25) is 0 Å². The summed E-state index contributed by atoms with van der Waals surface area (Å²) in [5.41, 5.74) is 0. The zero-order valence-corrected chi connectivity index (χ0v) is 10.4. The Morgan fingerprint density at radius 2 is 2.13 bits per heavy atom. The molecule has 0 aliphatic rings. The first-order valence-corrected chi connectivity index (χ1v) is 7.68. The Hall–Kier alpha value is -0.270. The molecule has 0 aromatic rings. The summed E-state index contributed by atoms with van der Waals surface area (Å²) in [4.78, 5) is 10.6. The monoisotopic (exact) mass is 256 g/mol. The summed E-state index contributed by atoms with van der Waals surface area (Å²) < 4.78 is 26.5. The van der Waals surface area contributed by atoms with Gasteiger partial charge < -0.3 is 9.84 Å². The van der Waals surface area contributed by atoms with Crippen LogP contribution >= 0.6 is 11.8 Å². The molecule has 0 radical (unpaired) electrons. The van der Waals surface area contributed by atoms with Crippen LogP contribution in [0.3, 0.4) is 0 Å². The predicted octanol–water partition coefficient (Wildman–Crippen LogP) is 0.254. The van der Waals surface area contributed by atoms with E-state index in [1.807, 2.05) is 0 Å². The molecule has 7 heteroatoms. The Morgan fingerprint density at radius 3 is 2.53 bits per heavy atom. The molecule has 0 fully saturated rings. The molecule has 1 atom stereocenters. The highest BCUT2D eigenvalue weighted by atomic mass is 32.2. The summed E-state index contributed by atoms with van der Waals surface area (Å²) in [7, 11) is -2.96. The van der Waals surface area contributed by atoms with Crippen LogP contribution in [0.15, 0.2) is 0 Å². The summed E-state index contributed by atoms with van der Waals surface area (Å²) in [5, 5.41) is 8.71. The van der Waals surface area contributed by atoms with Crippen molar-refractivity contribution in [3.8, 4) is 0 Å². The van der Waals surface area contributed by atoms with Crippen molar-refractivity contribution >= 4 is 27.6 Å². The van der Waals surface area contributed by atoms with E-state index in [0.717, 1.165) is 6.26 Å². The van der Waals surface area contributed by atoms with Gasteiger partial charge in [0.25, 0.3) is 0 Å². The van der Waals surface area contributed by atoms with Crippen LogP contribution in [0, 0.1) is 0 Å². The molecule has 5 nitrogen and oxygen atoms in total. The van der Waals surface area contributed by atoms with Crippen molar-refractivity contribution in [2.24, 2.45) is 0 Å². The second-order valence-electron chi connectivity index (χ2n) is 2.99. The molecular formula is C8H16O5S2. The van der Waals surface area contributed by atoms with Crippen LogP contribution in [-0.4, -0.2) is 55.7 Å². The van der Waals surface area contributed by atoms with Crippen LogP contribution in [0.1, 0.15) is 6.92 Å². The number of carboxylic acids is 1. The summed E-state index contributed by atoms with van der Waals surface area (Å²) >= 11 is 1.27. The third-order valence-corrected chi connectivity index (χ3v) is 3.75. The Morgan fingerprint density at radius 1 is 1.53 bits per heavy atom. The summed E-state index contributed by atoms with van der Waals surface area (Å²) in [6, 6.07) is 0. The molecule has 1 unspecified atom stereocenters. The first kappa shape index (κ1) is 14.7. The van der Waals surface area contributed by atoms with E-state index in [-0.39, 0.29) is 11.5 Å². The molecule has 0 aromatic heterocycles. The molecule has 0 heterocycles. The highest BCUT2D eigenvalue weighted by Gasteiger charge is 2.17. The molecule has 0 aliphatic heterocycles. The zero-order chi connectivity index (χ0) is 11.9. The molecule has 0 rings (SSSR count). The van der Waals surface area contributed by atoms with Crippen LogP contribution in [0.4, 0.5) is 0 Å². The molecule has 0 bridgehead atoms. The average molecular weight is 256 g/mol. The van der Waals surface area contributed by atoms with E-state index in [9.17, 15) is 13.2 Å². The quantitative estimate of drug-likeness (QED) is 0.627. The third kappa shape index (κ3) is 8.71. The van der Waals surface area contributed by atoms with Gasteiger partial charge in [-0.25, -0.2) is 13.2 Å². The van der Waals surface area contributed by atoms with Gasteiger partial charge >= 0.3 is 5.97 Å². The number of thioether (sulfide) groups is 1. The number of ether oxygens (including phenoxy) is 1. The minimum Gasteiger partial charge on any atom is -0.479 e. The topological polar surface area (TPSA) is 80.7 Å². The molecule has 0 saturated carbocycles. The minimum absolute atomic E-state index is 0.0656. The van der Waals surface area contributed by atoms with Crippen molar-refractivity contribution < 1.29 is 23.1 Å². The van der Waals surface area contributed by atoms with Gasteiger partial charge in [0, 0.05) is 24.4 Å². The number of rotatable bonds is 8. The highest BCUT2D eigenvalue weighted by molar-refractivity contribution is 8.00. The Bertz CT molecular complexity index is 285. The predicted molar refractivity (Wildman–Crippen MR) is 60.1 cm³/mol. The van der Waals surface area contributed by atoms with Gasteiger partial charge in [-0.05, 0) is 6.92 Å². The SMILES string of the molecule is CCOC(CSCCS(C)(=O)=O)C(=O)O. The molecule has 1 N–H and O–H groups in total. The van der Waals surface area contributed by atoms with Gasteiger partial charge in [0.05, 0.1) is 5.75 Å². The van der Waals surface area contributed by atoms with Gasteiger partial charge in [-0.2, -0.15) is 11.8 Å². The smallest absolute Gasteiger partial charge is 0.333 e. The van der Waals surface area contributed by atoms with Crippen LogP contribution < -0.4 is 0 Å². The first-order chi connectivity index (χ1) is 6.87. The second-order valence-corrected chi connectivity index (χ2v) is 6.40. The van der Waals surface area contributed by atoms with Gasteiger partial charge in [0.2, 0.25) is 0 Å². The van der Waals surface area contributed by atoms with Gasteiger partial charge in [0.15, 0.2) is 6.10 Å². The van der Waals surface area contributed by atoms with Crippen molar-refractivity contribution in [1.29, 1.82) is 0 Å². The molecule has 15 heavy (non-hydrogen) atoms. The first-order valence-electron chi connectivity index (χ1n) is 4.46. The van der Waals surface area contributed by atoms with Crippen LogP contribution in [0.25, 0.3) is 0 Å². The van der Waals surface area contributed by atoms with Crippen LogP contribution in [0.2, 0.25) is 0 Å². The molecule has 0 saturated heterocycles. The van der Waals surface area contributed by atoms with E-state index in [1.54, 1.807) is 6.92 Å². The number of carboxylic acid groups (broad SMARTS) is 1. The standard InChI is InChI=1S/C8H16O5S2/c1-3-13-7(8(9)10)6-14-4-5-15(2,11)12/h7H,3-6H2,1-2H3,(H,9,10). The van der Waals surface area contributed by atoms with E-state index < -0.39 is 21.9 Å². The number of carbonyl (C=O) groups is 1. The number of aliphatic carboxylic acids is 1. The summed E-state index contributed by atoms with van der Waals surface area (Å²) in [5.74, 6) is -0.270. The molecule has 0 aromatic carbocycles. The maximum Gasteiger partial charge on any atom is 0.333 e. The average Bonchev–Trinajstić information content (AvgIpc) is 2.08. The Kier molecular flexibility index (Phi) is 6.95. The van der Waals surface area contributed by atoms with Crippen molar-refractivity contribution in [1.82, 2.24) is 0 Å². The van der Waals surface area contributed by atoms with E-state index in [0.29, 0.717) is 12.4 Å². The lowest BCUT2D eigenvalue weighted by Gasteiger charge is -2.11. The normalized spacial score (nSPS) is 13.7. The maximum atomic E-state index is 10.8. The largest absolute Gasteiger partial charge is 0.479 e. The number of hydrogen-bond acceptors (Lipinski definition) is 5. The lowest BCUT2D eigenvalue weighted by Crippen LogP contribution is -2.26. The molecule has 0 aliphatic carbocycles. The fourth-order valence-corrected chi connectivity index (χ4v) is 3.09. The second kappa shape index (κ2) is 7.08. The maximum absolute atomic E-state index is 10.8. The highest BCUT2D eigenvalue weighted by Crippen LogP contribution is 2.07. The minimum atomic E-state index is -2.96. The zero-order valence-electron chi connectivity index (χ0n) is 8.80. The third-order valence-electron chi connectivity index (χ3n) is 1.51. The number of sulfone groups is 1. The Balaban J connectivity index is 3.77. The van der Waals surface area contributed by atoms with Gasteiger partial charge in [-0.15, -0.1) is 0 Å². The van der Waals surface area contributed by atoms with Crippen LogP contribution in [0.5, 0.6) is 0 Å². The molecule has 0 amide bonds. The van der Waals surface area contributed by atoms with E-state index >= 15 is 0 Å². The van der Waals surface area contributed by atoms with E-state index in [4.69, 9.17) is 9.84 Å². The summed E-state index contributed by atoms with van der Waals surface area (Å²) in [6.07, 6.45) is 0.310. The van der Waals surface area contributed by atoms with Crippen molar-refractivity contribution in [2.75, 3.05) is 30.1 Å². The summed E-state index contributed by atoms with van der Waals surface area (Å²) in [6.45, 7) is 2.06. The van der Waals surface area contributed by atoms with Crippen molar-refractivity contribution in [3.63, 3.8) is 0 Å². The van der Waals surface area contributed by atoms with Gasteiger partial charge in [-0.1, -0.05) is 0 Å². The van der Waals surface area contributed by atoms with E-state index in [2.05, 4.69) is 0 Å². The van der Waals surface area contributed by atoms with Crippen molar-refractivity contribution in [2.45, 2.75) is 13.0 Å². The molecular weight excluding hydrogens is 240 g/mol. The fourth-order valence-electron chi connectivity index (χ4n) is 0.793.